The zero-order chi connectivity index (χ0) is 14.7. The first-order chi connectivity index (χ1) is 10.3. The van der Waals surface area contributed by atoms with E-state index in [1.54, 1.807) is 31.6 Å². The second kappa shape index (κ2) is 5.67. The van der Waals surface area contributed by atoms with Gasteiger partial charge in [0.1, 0.15) is 11.5 Å². The molecule has 1 aromatic heterocycles. The van der Waals surface area contributed by atoms with Crippen molar-refractivity contribution < 1.29 is 13.9 Å². The van der Waals surface area contributed by atoms with Crippen LogP contribution in [0.5, 0.6) is 5.75 Å². The molecule has 0 bridgehead atoms. The van der Waals surface area contributed by atoms with Gasteiger partial charge in [0.25, 0.3) is 0 Å². The average Bonchev–Trinajstić information content (AvgIpc) is 3.05. The lowest BCUT2D eigenvalue weighted by molar-refractivity contribution is 0.104. The Bertz CT molecular complexity index is 798. The van der Waals surface area contributed by atoms with Crippen LogP contribution in [-0.4, -0.2) is 12.9 Å². The SMILES string of the molecule is COc1ccc2cc(C(=O)/C=C/c3ccco3)ccc2c1. The third kappa shape index (κ3) is 2.87. The maximum atomic E-state index is 12.2. The van der Waals surface area contributed by atoms with E-state index in [1.165, 1.54) is 6.08 Å². The van der Waals surface area contributed by atoms with Gasteiger partial charge < -0.3 is 9.15 Å². The van der Waals surface area contributed by atoms with Crippen molar-refractivity contribution in [2.45, 2.75) is 0 Å². The Balaban J connectivity index is 1.88. The summed E-state index contributed by atoms with van der Waals surface area (Å²) in [5.41, 5.74) is 0.649. The highest BCUT2D eigenvalue weighted by Crippen LogP contribution is 2.22. The van der Waals surface area contributed by atoms with E-state index in [2.05, 4.69) is 0 Å². The number of fused-ring (bicyclic) bond motifs is 1. The molecule has 0 aliphatic carbocycles. The van der Waals surface area contributed by atoms with E-state index in [-0.39, 0.29) is 5.78 Å². The van der Waals surface area contributed by atoms with Gasteiger partial charge >= 0.3 is 0 Å². The predicted molar refractivity (Wildman–Crippen MR) is 82.6 cm³/mol. The Morgan fingerprint density at radius 2 is 1.90 bits per heavy atom. The fourth-order valence-electron chi connectivity index (χ4n) is 2.14. The number of carbonyl (C=O) groups excluding carboxylic acids is 1. The van der Waals surface area contributed by atoms with Crippen LogP contribution in [0.1, 0.15) is 16.1 Å². The summed E-state index contributed by atoms with van der Waals surface area (Å²) >= 11 is 0. The quantitative estimate of drug-likeness (QED) is 0.526. The van der Waals surface area contributed by atoms with E-state index in [9.17, 15) is 4.79 Å². The third-order valence-corrected chi connectivity index (χ3v) is 3.27. The summed E-state index contributed by atoms with van der Waals surface area (Å²) in [5.74, 6) is 1.41. The molecule has 0 atom stereocenters. The minimum Gasteiger partial charge on any atom is -0.497 e. The summed E-state index contributed by atoms with van der Waals surface area (Å²) in [7, 11) is 1.64. The van der Waals surface area contributed by atoms with Crippen molar-refractivity contribution in [3.8, 4) is 5.75 Å². The summed E-state index contributed by atoms with van der Waals surface area (Å²) in [6.07, 6.45) is 4.76. The molecule has 0 unspecified atom stereocenters. The lowest BCUT2D eigenvalue weighted by atomic mass is 10.0. The molecular formula is C18H14O3. The molecule has 1 heterocycles. The highest BCUT2D eigenvalue weighted by atomic mass is 16.5. The van der Waals surface area contributed by atoms with Crippen LogP contribution in [0.2, 0.25) is 0 Å². The number of ketones is 1. The zero-order valence-electron chi connectivity index (χ0n) is 11.6. The number of carbonyl (C=O) groups is 1. The fourth-order valence-corrected chi connectivity index (χ4v) is 2.14. The highest BCUT2D eigenvalue weighted by Gasteiger charge is 2.04. The fraction of sp³-hybridized carbons (Fsp3) is 0.0556. The zero-order valence-corrected chi connectivity index (χ0v) is 11.6. The third-order valence-electron chi connectivity index (χ3n) is 3.27. The average molecular weight is 278 g/mol. The molecule has 0 fully saturated rings. The molecule has 3 heteroatoms. The number of furan rings is 1. The number of hydrogen-bond acceptors (Lipinski definition) is 3. The van der Waals surface area contributed by atoms with Gasteiger partial charge in [0, 0.05) is 5.56 Å². The number of ether oxygens (including phenoxy) is 1. The summed E-state index contributed by atoms with van der Waals surface area (Å²) < 4.78 is 10.4. The van der Waals surface area contributed by atoms with Crippen LogP contribution in [-0.2, 0) is 0 Å². The smallest absolute Gasteiger partial charge is 0.185 e. The van der Waals surface area contributed by atoms with Crippen LogP contribution in [0.25, 0.3) is 16.8 Å². The summed E-state index contributed by atoms with van der Waals surface area (Å²) in [5, 5.41) is 2.05. The largest absolute Gasteiger partial charge is 0.497 e. The van der Waals surface area contributed by atoms with Crippen LogP contribution in [0.3, 0.4) is 0 Å². The Hall–Kier alpha value is -2.81. The van der Waals surface area contributed by atoms with E-state index in [0.717, 1.165) is 16.5 Å². The van der Waals surface area contributed by atoms with E-state index >= 15 is 0 Å². The van der Waals surface area contributed by atoms with Gasteiger partial charge in [-0.1, -0.05) is 18.2 Å². The Morgan fingerprint density at radius 3 is 2.67 bits per heavy atom. The highest BCUT2D eigenvalue weighted by molar-refractivity contribution is 6.08. The van der Waals surface area contributed by atoms with Crippen molar-refractivity contribution in [3.05, 3.63) is 72.2 Å². The van der Waals surface area contributed by atoms with Gasteiger partial charge in [0.15, 0.2) is 5.78 Å². The molecule has 0 amide bonds. The Morgan fingerprint density at radius 1 is 1.10 bits per heavy atom. The van der Waals surface area contributed by atoms with Crippen molar-refractivity contribution in [1.82, 2.24) is 0 Å². The monoisotopic (exact) mass is 278 g/mol. The Labute approximate surface area is 122 Å². The van der Waals surface area contributed by atoms with Crippen molar-refractivity contribution >= 4 is 22.6 Å². The number of methoxy groups -OCH3 is 1. The molecule has 2 aromatic carbocycles. The topological polar surface area (TPSA) is 39.4 Å². The molecule has 104 valence electrons. The lowest BCUT2D eigenvalue weighted by Crippen LogP contribution is -1.94. The first kappa shape index (κ1) is 13.2. The molecule has 0 aliphatic rings. The van der Waals surface area contributed by atoms with E-state index in [4.69, 9.17) is 9.15 Å². The second-order valence-corrected chi connectivity index (χ2v) is 4.64. The molecular weight excluding hydrogens is 264 g/mol. The van der Waals surface area contributed by atoms with Crippen molar-refractivity contribution in [2.75, 3.05) is 7.11 Å². The molecule has 3 aromatic rings. The molecule has 0 saturated carbocycles. The second-order valence-electron chi connectivity index (χ2n) is 4.64. The number of benzene rings is 2. The van der Waals surface area contributed by atoms with Crippen LogP contribution in [0.4, 0.5) is 0 Å². The maximum absolute atomic E-state index is 12.2. The molecule has 3 rings (SSSR count). The molecule has 0 spiro atoms. The maximum Gasteiger partial charge on any atom is 0.185 e. The van der Waals surface area contributed by atoms with Crippen LogP contribution >= 0.6 is 0 Å². The number of rotatable bonds is 4. The lowest BCUT2D eigenvalue weighted by Gasteiger charge is -2.04. The van der Waals surface area contributed by atoms with Crippen molar-refractivity contribution in [3.63, 3.8) is 0 Å². The van der Waals surface area contributed by atoms with Crippen LogP contribution < -0.4 is 4.74 Å². The standard InChI is InChI=1S/C18H14O3/c1-20-17-7-6-13-11-15(5-4-14(13)12-17)18(19)9-8-16-3-2-10-21-16/h2-12H,1H3/b9-8+. The number of hydrogen-bond donors (Lipinski definition) is 0. The first-order valence-electron chi connectivity index (χ1n) is 6.60. The summed E-state index contributed by atoms with van der Waals surface area (Å²) in [6, 6.07) is 15.0. The van der Waals surface area contributed by atoms with Gasteiger partial charge in [-0.25, -0.2) is 0 Å². The van der Waals surface area contributed by atoms with Gasteiger partial charge in [0.05, 0.1) is 13.4 Å². The van der Waals surface area contributed by atoms with Crippen LogP contribution in [0, 0.1) is 0 Å². The van der Waals surface area contributed by atoms with Crippen LogP contribution in [0.15, 0.2) is 65.3 Å². The van der Waals surface area contributed by atoms with Gasteiger partial charge in [-0.15, -0.1) is 0 Å². The molecule has 21 heavy (non-hydrogen) atoms. The van der Waals surface area contributed by atoms with Gasteiger partial charge in [-0.2, -0.15) is 0 Å². The predicted octanol–water partition coefficient (Wildman–Crippen LogP) is 4.34. The Kier molecular flexibility index (Phi) is 3.56. The van der Waals surface area contributed by atoms with Crippen molar-refractivity contribution in [2.24, 2.45) is 0 Å². The van der Waals surface area contributed by atoms with Gasteiger partial charge in [-0.05, 0) is 53.3 Å². The minimum absolute atomic E-state index is 0.0517. The van der Waals surface area contributed by atoms with E-state index in [0.29, 0.717) is 11.3 Å². The minimum atomic E-state index is -0.0517. The van der Waals surface area contributed by atoms with Gasteiger partial charge in [0.2, 0.25) is 0 Å². The first-order valence-corrected chi connectivity index (χ1v) is 6.60. The molecule has 0 radical (unpaired) electrons. The molecule has 3 nitrogen and oxygen atoms in total. The normalized spacial score (nSPS) is 11.1. The van der Waals surface area contributed by atoms with E-state index < -0.39 is 0 Å². The molecule has 0 N–H and O–H groups in total. The number of allylic oxidation sites excluding steroid dienone is 1. The summed E-state index contributed by atoms with van der Waals surface area (Å²) in [4.78, 5) is 12.2. The van der Waals surface area contributed by atoms with Gasteiger partial charge in [-0.3, -0.25) is 4.79 Å². The van der Waals surface area contributed by atoms with Crippen molar-refractivity contribution in [1.29, 1.82) is 0 Å². The van der Waals surface area contributed by atoms with E-state index in [1.807, 2.05) is 36.4 Å². The summed E-state index contributed by atoms with van der Waals surface area (Å²) in [6.45, 7) is 0. The molecule has 0 aliphatic heterocycles. The molecule has 0 saturated heterocycles.